The van der Waals surface area contributed by atoms with Crippen LogP contribution < -0.4 is 25.9 Å². The Kier molecular flexibility index (Phi) is 7.08. The van der Waals surface area contributed by atoms with Crippen molar-refractivity contribution in [2.75, 3.05) is 0 Å². The van der Waals surface area contributed by atoms with E-state index in [0.717, 1.165) is 89.5 Å². The molecule has 2 aromatic heterocycles. The molecule has 0 bridgehead atoms. The van der Waals surface area contributed by atoms with E-state index in [4.69, 9.17) is 19.4 Å². The molecule has 0 atom stereocenters. The van der Waals surface area contributed by atoms with Crippen LogP contribution in [0.25, 0.3) is 50.1 Å². The minimum atomic E-state index is -0.214. The number of hydrogen-bond acceptors (Lipinski definition) is 4. The summed E-state index contributed by atoms with van der Waals surface area (Å²) in [6, 6.07) is 45.0. The molecule has 10 rings (SSSR count). The molecule has 6 aromatic carbocycles. The van der Waals surface area contributed by atoms with Crippen molar-refractivity contribution in [1.29, 1.82) is 0 Å². The van der Waals surface area contributed by atoms with Gasteiger partial charge in [-0.1, -0.05) is 60.2 Å². The molecule has 0 unspecified atom stereocenters. The number of hydrogen-bond donors (Lipinski definition) is 0. The Morgan fingerprint density at radius 2 is 1.32 bits per heavy atom. The fourth-order valence-electron chi connectivity index (χ4n) is 7.82. The molecular formula is C43H28BN3O2Pt. The molecule has 0 N–H and O–H groups in total. The average molecular weight is 825 g/mol. The van der Waals surface area contributed by atoms with Crippen LogP contribution in [0.5, 0.6) is 23.0 Å². The van der Waals surface area contributed by atoms with Gasteiger partial charge in [0.15, 0.2) is 0 Å². The molecule has 5 nitrogen and oxygen atoms in total. The van der Waals surface area contributed by atoms with E-state index in [1.165, 1.54) is 16.7 Å². The first-order valence-electron chi connectivity index (χ1n) is 16.5. The first-order valence-corrected chi connectivity index (χ1v) is 16.5. The number of nitrogens with zero attached hydrogens (tertiary/aromatic N) is 3. The molecule has 0 spiro atoms. The Labute approximate surface area is 304 Å². The second-order valence-corrected chi connectivity index (χ2v) is 13.0. The maximum Gasteiger partial charge on any atom is 2.00 e. The molecule has 0 saturated heterocycles. The van der Waals surface area contributed by atoms with Crippen molar-refractivity contribution >= 4 is 44.9 Å². The van der Waals surface area contributed by atoms with E-state index in [0.29, 0.717) is 0 Å². The molecule has 0 amide bonds. The summed E-state index contributed by atoms with van der Waals surface area (Å²) in [5.41, 5.74) is 12.3. The van der Waals surface area contributed by atoms with Gasteiger partial charge < -0.3 is 19.0 Å². The van der Waals surface area contributed by atoms with E-state index < -0.39 is 0 Å². The molecule has 0 saturated carbocycles. The first-order chi connectivity index (χ1) is 24.0. The van der Waals surface area contributed by atoms with Gasteiger partial charge in [-0.3, -0.25) is 4.98 Å². The Hall–Kier alpha value is -5.45. The number of fused-ring (bicyclic) bond motifs is 6. The molecular weight excluding hydrogens is 796 g/mol. The summed E-state index contributed by atoms with van der Waals surface area (Å²) < 4.78 is 15.4. The minimum Gasteiger partial charge on any atom is -0.503 e. The first kappa shape index (κ1) is 30.6. The molecule has 2 aliphatic heterocycles. The standard InChI is InChI=1S/C43H28BN3O2.Pt/c1-25-21-26(2)42(27(3)22-25)47-35-12-7-6-11-34(35)46-43(47)30-16-18-37-33(24-30)44-32-23-29(41-31-10-5-4-9-28(31)19-20-45-41)15-17-36(32)48-38-13-8-14-39(49-37)40(38)44;/h4-22H,1-3H3;/q-2;+2. The van der Waals surface area contributed by atoms with Crippen LogP contribution in [0.2, 0.25) is 0 Å². The van der Waals surface area contributed by atoms with Gasteiger partial charge in [0.05, 0.1) is 16.9 Å². The van der Waals surface area contributed by atoms with Crippen LogP contribution >= 0.6 is 0 Å². The number of imidazole rings is 1. The zero-order valence-electron chi connectivity index (χ0n) is 27.5. The van der Waals surface area contributed by atoms with Gasteiger partial charge in [0.2, 0.25) is 6.71 Å². The second kappa shape index (κ2) is 11.6. The van der Waals surface area contributed by atoms with Gasteiger partial charge in [-0.2, -0.15) is 0 Å². The zero-order chi connectivity index (χ0) is 32.8. The van der Waals surface area contributed by atoms with Gasteiger partial charge in [0, 0.05) is 28.8 Å². The Morgan fingerprint density at radius 3 is 2.08 bits per heavy atom. The third-order valence-electron chi connectivity index (χ3n) is 9.79. The van der Waals surface area contributed by atoms with Crippen LogP contribution in [-0.4, -0.2) is 21.2 Å². The SMILES string of the molecule is Cc1cc(C)c(-n2c(-c3[c-]c4c(cc3)Oc3cccc5c3B4c3[c-]c(-c4nccc6ccccc46)ccc3O5)nc3ccccc32)c(C)c1.[Pt+2]. The number of benzene rings is 6. The molecule has 0 radical (unpaired) electrons. The third-order valence-corrected chi connectivity index (χ3v) is 9.79. The molecule has 8 aromatic rings. The summed E-state index contributed by atoms with van der Waals surface area (Å²) in [7, 11) is 0. The van der Waals surface area contributed by atoms with Crippen LogP contribution in [0.1, 0.15) is 16.7 Å². The summed E-state index contributed by atoms with van der Waals surface area (Å²) in [4.78, 5) is 10.0. The van der Waals surface area contributed by atoms with Crippen molar-refractivity contribution < 1.29 is 30.5 Å². The monoisotopic (exact) mass is 824 g/mol. The van der Waals surface area contributed by atoms with E-state index in [-0.39, 0.29) is 27.8 Å². The fourth-order valence-corrected chi connectivity index (χ4v) is 7.82. The van der Waals surface area contributed by atoms with Crippen LogP contribution in [0.15, 0.2) is 115 Å². The van der Waals surface area contributed by atoms with E-state index in [1.54, 1.807) is 0 Å². The largest absolute Gasteiger partial charge is 2.00 e. The van der Waals surface area contributed by atoms with Gasteiger partial charge in [-0.15, -0.1) is 58.5 Å². The number of aromatic nitrogens is 3. The number of ether oxygens (including phenoxy) is 2. The van der Waals surface area contributed by atoms with E-state index in [1.807, 2.05) is 42.6 Å². The number of para-hydroxylation sites is 2. The molecule has 7 heteroatoms. The third kappa shape index (κ3) is 4.59. The molecule has 0 aliphatic carbocycles. The summed E-state index contributed by atoms with van der Waals surface area (Å²) >= 11 is 0. The van der Waals surface area contributed by atoms with Gasteiger partial charge >= 0.3 is 21.1 Å². The Morgan fingerprint density at radius 1 is 0.660 bits per heavy atom. The molecule has 240 valence electrons. The van der Waals surface area contributed by atoms with Crippen molar-refractivity contribution in [1.82, 2.24) is 14.5 Å². The van der Waals surface area contributed by atoms with Crippen LogP contribution in [0.3, 0.4) is 0 Å². The van der Waals surface area contributed by atoms with E-state index >= 15 is 0 Å². The van der Waals surface area contributed by atoms with E-state index in [9.17, 15) is 0 Å². The average Bonchev–Trinajstić information content (AvgIpc) is 3.49. The van der Waals surface area contributed by atoms with E-state index in [2.05, 4.69) is 110 Å². The molecule has 2 aliphatic rings. The maximum absolute atomic E-state index is 6.56. The minimum absolute atomic E-state index is 0. The maximum atomic E-state index is 6.56. The van der Waals surface area contributed by atoms with Crippen molar-refractivity contribution in [3.05, 3.63) is 144 Å². The fraction of sp³-hybridized carbons (Fsp3) is 0.0698. The second-order valence-electron chi connectivity index (χ2n) is 13.0. The van der Waals surface area contributed by atoms with Crippen molar-refractivity contribution in [2.24, 2.45) is 0 Å². The number of aryl methyl sites for hydroxylation is 3. The van der Waals surface area contributed by atoms with Crippen molar-refractivity contribution in [3.63, 3.8) is 0 Å². The molecule has 50 heavy (non-hydrogen) atoms. The predicted octanol–water partition coefficient (Wildman–Crippen LogP) is 8.16. The Balaban J connectivity index is 0.00000336. The summed E-state index contributed by atoms with van der Waals surface area (Å²) in [5, 5.41) is 2.22. The Bertz CT molecular complexity index is 2640. The number of rotatable bonds is 3. The van der Waals surface area contributed by atoms with Crippen LogP contribution in [-0.2, 0) is 21.1 Å². The van der Waals surface area contributed by atoms with Crippen molar-refractivity contribution in [3.8, 4) is 51.3 Å². The number of pyridine rings is 1. The predicted molar refractivity (Wildman–Crippen MR) is 197 cm³/mol. The topological polar surface area (TPSA) is 49.2 Å². The smallest absolute Gasteiger partial charge is 0.503 e. The van der Waals surface area contributed by atoms with Gasteiger partial charge in [-0.25, -0.2) is 0 Å². The van der Waals surface area contributed by atoms with Gasteiger partial charge in [0.1, 0.15) is 11.5 Å². The van der Waals surface area contributed by atoms with Crippen LogP contribution in [0.4, 0.5) is 0 Å². The summed E-state index contributed by atoms with van der Waals surface area (Å²) in [6.45, 7) is 6.28. The quantitative estimate of drug-likeness (QED) is 0.133. The molecule has 0 fully saturated rings. The summed E-state index contributed by atoms with van der Waals surface area (Å²) in [6.07, 6.45) is 1.86. The van der Waals surface area contributed by atoms with Gasteiger partial charge in [-0.05, 0) is 78.7 Å². The van der Waals surface area contributed by atoms with Gasteiger partial charge in [0.25, 0.3) is 0 Å². The zero-order valence-corrected chi connectivity index (χ0v) is 29.8. The van der Waals surface area contributed by atoms with Crippen LogP contribution in [0, 0.1) is 32.9 Å². The summed E-state index contributed by atoms with van der Waals surface area (Å²) in [5.74, 6) is 3.93. The normalized spacial score (nSPS) is 12.4. The molecule has 4 heterocycles. The van der Waals surface area contributed by atoms with Crippen molar-refractivity contribution in [2.45, 2.75) is 20.8 Å².